The Hall–Kier alpha value is -2.61. The molecule has 0 bridgehead atoms. The van der Waals surface area contributed by atoms with Gasteiger partial charge in [-0.2, -0.15) is 0 Å². The minimum absolute atomic E-state index is 0.0156. The molecule has 1 aromatic heterocycles. The van der Waals surface area contributed by atoms with Crippen LogP contribution in [0, 0.1) is 11.3 Å². The van der Waals surface area contributed by atoms with Crippen molar-refractivity contribution in [3.8, 4) is 5.75 Å². The predicted molar refractivity (Wildman–Crippen MR) is 114 cm³/mol. The molecule has 2 atom stereocenters. The van der Waals surface area contributed by atoms with E-state index in [1.165, 1.54) is 20.4 Å². The number of carbonyl (C=O) groups excluding carboxylic acids is 2. The van der Waals surface area contributed by atoms with E-state index in [-0.39, 0.29) is 34.7 Å². The first-order chi connectivity index (χ1) is 14.4. The van der Waals surface area contributed by atoms with Crippen molar-refractivity contribution in [1.29, 1.82) is 0 Å². The summed E-state index contributed by atoms with van der Waals surface area (Å²) in [5, 5.41) is 10.7. The summed E-state index contributed by atoms with van der Waals surface area (Å²) < 4.78 is 14.8. The molecule has 2 amide bonds. The van der Waals surface area contributed by atoms with Crippen molar-refractivity contribution in [3.05, 3.63) is 50.2 Å². The van der Waals surface area contributed by atoms with E-state index in [0.717, 1.165) is 0 Å². The van der Waals surface area contributed by atoms with Gasteiger partial charge in [-0.3, -0.25) is 19.0 Å². The van der Waals surface area contributed by atoms with Crippen LogP contribution in [-0.4, -0.2) is 51.4 Å². The van der Waals surface area contributed by atoms with Crippen molar-refractivity contribution in [2.45, 2.75) is 39.8 Å². The zero-order chi connectivity index (χ0) is 22.8. The maximum atomic E-state index is 13.5. The van der Waals surface area contributed by atoms with E-state index in [4.69, 9.17) is 11.6 Å². The van der Waals surface area contributed by atoms with Gasteiger partial charge in [0.05, 0.1) is 10.6 Å². The number of halogens is 2. The minimum Gasteiger partial charge on any atom is -0.502 e. The largest absolute Gasteiger partial charge is 0.502 e. The van der Waals surface area contributed by atoms with Crippen LogP contribution in [0.25, 0.3) is 0 Å². The lowest BCUT2D eigenvalue weighted by molar-refractivity contribution is 0.0564. The van der Waals surface area contributed by atoms with Gasteiger partial charge in [0.15, 0.2) is 5.75 Å². The molecule has 0 radical (unpaired) electrons. The monoisotopic (exact) mass is 449 g/mol. The molecule has 31 heavy (non-hydrogen) atoms. The van der Waals surface area contributed by atoms with Crippen LogP contribution in [0.3, 0.4) is 0 Å². The number of aromatic nitrogens is 1. The molecule has 0 saturated heterocycles. The molecule has 166 valence electrons. The number of aromatic hydroxyl groups is 1. The van der Waals surface area contributed by atoms with Crippen LogP contribution in [0.2, 0.25) is 0 Å². The van der Waals surface area contributed by atoms with Gasteiger partial charge in [0.25, 0.3) is 17.4 Å². The Kier molecular flexibility index (Phi) is 5.04. The van der Waals surface area contributed by atoms with Crippen molar-refractivity contribution >= 4 is 23.4 Å². The number of nitrogens with zero attached hydrogens (tertiary/aromatic N) is 3. The van der Waals surface area contributed by atoms with Gasteiger partial charge in [0, 0.05) is 31.1 Å². The smallest absolute Gasteiger partial charge is 0.295 e. The number of hydrogen-bond donors (Lipinski definition) is 1. The molecule has 4 rings (SSSR count). The number of rotatable bonds is 2. The number of hydrogen-bond acceptors (Lipinski definition) is 4. The normalized spacial score (nSPS) is 23.5. The van der Waals surface area contributed by atoms with E-state index in [9.17, 15) is 23.9 Å². The van der Waals surface area contributed by atoms with Crippen molar-refractivity contribution in [3.63, 3.8) is 0 Å². The number of allylic oxidation sites excluding steroid dienone is 3. The Labute approximate surface area is 184 Å². The van der Waals surface area contributed by atoms with Crippen LogP contribution in [0.4, 0.5) is 4.39 Å². The SMILES string of the molecule is CN1C(=O)c2c3c(c(O)c(=O)n2C1C(C)(C)C)C(=O)N(CC1C=C(Cl)C(F)=CC1)CC3. The molecule has 0 saturated carbocycles. The first-order valence-electron chi connectivity index (χ1n) is 10.2. The van der Waals surface area contributed by atoms with Gasteiger partial charge in [-0.25, -0.2) is 4.39 Å². The van der Waals surface area contributed by atoms with E-state index in [2.05, 4.69) is 0 Å². The maximum Gasteiger partial charge on any atom is 0.295 e. The quantitative estimate of drug-likeness (QED) is 0.751. The third kappa shape index (κ3) is 3.28. The average molecular weight is 450 g/mol. The van der Waals surface area contributed by atoms with E-state index < -0.39 is 34.6 Å². The molecule has 9 heteroatoms. The highest BCUT2D eigenvalue weighted by Crippen LogP contribution is 2.41. The highest BCUT2D eigenvalue weighted by Gasteiger charge is 2.46. The lowest BCUT2D eigenvalue weighted by atomic mass is 9.91. The molecule has 7 nitrogen and oxygen atoms in total. The van der Waals surface area contributed by atoms with Crippen LogP contribution in [0.15, 0.2) is 27.8 Å². The molecule has 3 heterocycles. The Balaban J connectivity index is 1.75. The predicted octanol–water partition coefficient (Wildman–Crippen LogP) is 3.18. The van der Waals surface area contributed by atoms with Crippen LogP contribution in [-0.2, 0) is 6.42 Å². The van der Waals surface area contributed by atoms with Crippen LogP contribution >= 0.6 is 11.6 Å². The minimum atomic E-state index is -0.743. The third-order valence-corrected chi connectivity index (χ3v) is 6.50. The van der Waals surface area contributed by atoms with Crippen molar-refractivity contribution in [1.82, 2.24) is 14.4 Å². The second-order valence-electron chi connectivity index (χ2n) is 9.45. The highest BCUT2D eigenvalue weighted by molar-refractivity contribution is 6.31. The van der Waals surface area contributed by atoms with Gasteiger partial charge < -0.3 is 14.9 Å². The van der Waals surface area contributed by atoms with Crippen molar-refractivity contribution < 1.29 is 19.1 Å². The summed E-state index contributed by atoms with van der Waals surface area (Å²) in [5.41, 5.74) is -0.720. The second-order valence-corrected chi connectivity index (χ2v) is 9.85. The first-order valence-corrected chi connectivity index (χ1v) is 10.6. The van der Waals surface area contributed by atoms with Crippen molar-refractivity contribution in [2.75, 3.05) is 20.1 Å². The fraction of sp³-hybridized carbons (Fsp3) is 0.500. The average Bonchev–Trinajstić information content (AvgIpc) is 2.96. The maximum absolute atomic E-state index is 13.5. The lowest BCUT2D eigenvalue weighted by Gasteiger charge is -2.34. The Morgan fingerprint density at radius 1 is 1.23 bits per heavy atom. The lowest BCUT2D eigenvalue weighted by Crippen LogP contribution is -2.43. The van der Waals surface area contributed by atoms with Crippen molar-refractivity contribution in [2.24, 2.45) is 11.3 Å². The molecule has 0 fully saturated rings. The van der Waals surface area contributed by atoms with E-state index in [1.807, 2.05) is 20.8 Å². The number of carbonyl (C=O) groups is 2. The summed E-state index contributed by atoms with van der Waals surface area (Å²) >= 11 is 5.88. The Morgan fingerprint density at radius 2 is 1.90 bits per heavy atom. The molecule has 0 spiro atoms. The van der Waals surface area contributed by atoms with Gasteiger partial charge >= 0.3 is 0 Å². The standard InChI is InChI=1S/C22H25ClFN3O4/c1-22(2,3)21-25(4)19(30)16-12-7-8-26(10-11-5-6-14(24)13(23)9-11)18(29)15(12)17(28)20(31)27(16)21/h6,9,11,21,28H,5,7-8,10H2,1-4H3. The van der Waals surface area contributed by atoms with Crippen LogP contribution < -0.4 is 5.56 Å². The van der Waals surface area contributed by atoms with Crippen LogP contribution in [0.1, 0.15) is 59.8 Å². The van der Waals surface area contributed by atoms with Crippen LogP contribution in [0.5, 0.6) is 5.75 Å². The zero-order valence-electron chi connectivity index (χ0n) is 17.9. The molecular weight excluding hydrogens is 425 g/mol. The number of fused-ring (bicyclic) bond motifs is 3. The first kappa shape index (κ1) is 21.6. The van der Waals surface area contributed by atoms with E-state index in [1.54, 1.807) is 13.1 Å². The van der Waals surface area contributed by atoms with Gasteiger partial charge in [0.1, 0.15) is 17.7 Å². The topological polar surface area (TPSA) is 82.9 Å². The molecule has 2 unspecified atom stereocenters. The number of amides is 2. The summed E-state index contributed by atoms with van der Waals surface area (Å²) in [5.74, 6) is -2.13. The second kappa shape index (κ2) is 7.22. The highest BCUT2D eigenvalue weighted by atomic mass is 35.5. The molecule has 1 aliphatic carbocycles. The fourth-order valence-corrected chi connectivity index (χ4v) is 5.14. The summed E-state index contributed by atoms with van der Waals surface area (Å²) in [6.45, 7) is 6.32. The van der Waals surface area contributed by atoms with Gasteiger partial charge in [-0.1, -0.05) is 38.4 Å². The van der Waals surface area contributed by atoms with Gasteiger partial charge in [-0.15, -0.1) is 0 Å². The zero-order valence-corrected chi connectivity index (χ0v) is 18.7. The molecule has 3 aliphatic rings. The summed E-state index contributed by atoms with van der Waals surface area (Å²) in [6.07, 6.45) is 3.11. The van der Waals surface area contributed by atoms with E-state index in [0.29, 0.717) is 24.9 Å². The third-order valence-electron chi connectivity index (χ3n) is 6.19. The summed E-state index contributed by atoms with van der Waals surface area (Å²) in [4.78, 5) is 42.4. The molecule has 2 aliphatic heterocycles. The van der Waals surface area contributed by atoms with Gasteiger partial charge in [0.2, 0.25) is 0 Å². The fourth-order valence-electron chi connectivity index (χ4n) is 4.89. The molecular formula is C22H25ClFN3O4. The summed E-state index contributed by atoms with van der Waals surface area (Å²) in [7, 11) is 1.62. The Morgan fingerprint density at radius 3 is 2.52 bits per heavy atom. The number of pyridine rings is 1. The summed E-state index contributed by atoms with van der Waals surface area (Å²) in [6, 6.07) is 0. The molecule has 1 N–H and O–H groups in total. The van der Waals surface area contributed by atoms with Gasteiger partial charge in [-0.05, 0) is 24.8 Å². The molecule has 0 aromatic carbocycles. The Bertz CT molecular complexity index is 1120. The van der Waals surface area contributed by atoms with E-state index >= 15 is 0 Å². The molecule has 1 aromatic rings.